The van der Waals surface area contributed by atoms with Gasteiger partial charge in [0.15, 0.2) is 0 Å². The van der Waals surface area contributed by atoms with E-state index in [2.05, 4.69) is 37.5 Å². The van der Waals surface area contributed by atoms with E-state index >= 15 is 0 Å². The van der Waals surface area contributed by atoms with Crippen molar-refractivity contribution in [2.45, 2.75) is 66.0 Å². The molecule has 1 saturated carbocycles. The summed E-state index contributed by atoms with van der Waals surface area (Å²) in [5.74, 6) is 0.730. The predicted octanol–water partition coefficient (Wildman–Crippen LogP) is 3.48. The summed E-state index contributed by atoms with van der Waals surface area (Å²) in [6, 6.07) is 0.600. The zero-order chi connectivity index (χ0) is 16.1. The molecule has 1 fully saturated rings. The molecule has 2 unspecified atom stereocenters. The van der Waals surface area contributed by atoms with Crippen LogP contribution in [0.15, 0.2) is 12.2 Å². The third kappa shape index (κ3) is 7.51. The number of amides is 1. The Bertz CT molecular complexity index is 369. The van der Waals surface area contributed by atoms with E-state index in [1.54, 1.807) is 0 Å². The van der Waals surface area contributed by atoms with Gasteiger partial charge in [-0.1, -0.05) is 32.9 Å². The lowest BCUT2D eigenvalue weighted by Gasteiger charge is -2.19. The summed E-state index contributed by atoms with van der Waals surface area (Å²) >= 11 is 0. The van der Waals surface area contributed by atoms with Gasteiger partial charge in [-0.3, -0.25) is 0 Å². The van der Waals surface area contributed by atoms with E-state index in [0.717, 1.165) is 12.5 Å². The standard InChI is InChI=1S/C17H32N2O2/c1-13-11-17(5,6)12-14(13)18-9-7-8-10-19-15(20)21-16(2,3)4/h7-8,13-14,18H,9-12H2,1-6H3,(H,19,20)/b8-7+. The highest BCUT2D eigenvalue weighted by Crippen LogP contribution is 2.40. The Labute approximate surface area is 129 Å². The summed E-state index contributed by atoms with van der Waals surface area (Å²) in [5, 5.41) is 6.30. The normalized spacial score (nSPS) is 25.2. The van der Waals surface area contributed by atoms with Crippen molar-refractivity contribution in [1.29, 1.82) is 0 Å². The third-order valence-corrected chi connectivity index (χ3v) is 3.76. The molecule has 122 valence electrons. The van der Waals surface area contributed by atoms with Gasteiger partial charge in [-0.2, -0.15) is 0 Å². The number of ether oxygens (including phenoxy) is 1. The predicted molar refractivity (Wildman–Crippen MR) is 87.3 cm³/mol. The molecule has 0 heterocycles. The van der Waals surface area contributed by atoms with Crippen molar-refractivity contribution in [3.05, 3.63) is 12.2 Å². The third-order valence-electron chi connectivity index (χ3n) is 3.76. The molecule has 2 atom stereocenters. The molecule has 2 N–H and O–H groups in total. The van der Waals surface area contributed by atoms with Crippen LogP contribution >= 0.6 is 0 Å². The van der Waals surface area contributed by atoms with Gasteiger partial charge in [0.2, 0.25) is 0 Å². The van der Waals surface area contributed by atoms with Crippen molar-refractivity contribution in [3.8, 4) is 0 Å². The van der Waals surface area contributed by atoms with Crippen LogP contribution in [0.4, 0.5) is 4.79 Å². The molecule has 4 heteroatoms. The Kier molecular flexibility index (Phi) is 6.26. The lowest BCUT2D eigenvalue weighted by Crippen LogP contribution is -2.33. The fourth-order valence-electron chi connectivity index (χ4n) is 3.01. The molecule has 0 aromatic carbocycles. The van der Waals surface area contributed by atoms with Crippen LogP contribution in [0.25, 0.3) is 0 Å². The van der Waals surface area contributed by atoms with Crippen LogP contribution in [0.1, 0.15) is 54.4 Å². The van der Waals surface area contributed by atoms with Crippen LogP contribution in [-0.2, 0) is 4.74 Å². The molecule has 0 aromatic heterocycles. The highest BCUT2D eigenvalue weighted by molar-refractivity contribution is 5.67. The average Bonchev–Trinajstić information content (AvgIpc) is 2.54. The van der Waals surface area contributed by atoms with Crippen LogP contribution < -0.4 is 10.6 Å². The number of alkyl carbamates (subject to hydrolysis) is 1. The number of hydrogen-bond acceptors (Lipinski definition) is 3. The highest BCUT2D eigenvalue weighted by Gasteiger charge is 2.35. The van der Waals surface area contributed by atoms with Crippen molar-refractivity contribution < 1.29 is 9.53 Å². The zero-order valence-corrected chi connectivity index (χ0v) is 14.5. The molecule has 1 aliphatic rings. The fourth-order valence-corrected chi connectivity index (χ4v) is 3.01. The first kappa shape index (κ1) is 18.0. The average molecular weight is 296 g/mol. The molecule has 0 bridgehead atoms. The van der Waals surface area contributed by atoms with Crippen LogP contribution in [-0.4, -0.2) is 30.8 Å². The summed E-state index contributed by atoms with van der Waals surface area (Å²) in [5.41, 5.74) is 0.0137. The first-order valence-electron chi connectivity index (χ1n) is 7.94. The van der Waals surface area contributed by atoms with E-state index in [0.29, 0.717) is 18.0 Å². The molecular formula is C17H32N2O2. The number of carbonyl (C=O) groups is 1. The van der Waals surface area contributed by atoms with E-state index in [1.807, 2.05) is 26.8 Å². The number of carbonyl (C=O) groups excluding carboxylic acids is 1. The van der Waals surface area contributed by atoms with Gasteiger partial charge in [0, 0.05) is 19.1 Å². The van der Waals surface area contributed by atoms with E-state index < -0.39 is 5.60 Å². The van der Waals surface area contributed by atoms with Crippen LogP contribution in [0.3, 0.4) is 0 Å². The Balaban J connectivity index is 2.15. The summed E-state index contributed by atoms with van der Waals surface area (Å²) in [7, 11) is 0. The van der Waals surface area contributed by atoms with Crippen LogP contribution in [0.2, 0.25) is 0 Å². The first-order valence-corrected chi connectivity index (χ1v) is 7.94. The minimum absolute atomic E-state index is 0.369. The molecule has 21 heavy (non-hydrogen) atoms. The topological polar surface area (TPSA) is 50.4 Å². The Morgan fingerprint density at radius 3 is 2.38 bits per heavy atom. The second-order valence-electron chi connectivity index (χ2n) is 7.92. The van der Waals surface area contributed by atoms with Crippen molar-refractivity contribution >= 4 is 6.09 Å². The zero-order valence-electron chi connectivity index (χ0n) is 14.5. The van der Waals surface area contributed by atoms with E-state index in [9.17, 15) is 4.79 Å². The fraction of sp³-hybridized carbons (Fsp3) is 0.824. The lowest BCUT2D eigenvalue weighted by molar-refractivity contribution is 0.0534. The number of hydrogen-bond donors (Lipinski definition) is 2. The van der Waals surface area contributed by atoms with Crippen LogP contribution in [0, 0.1) is 11.3 Å². The minimum atomic E-state index is -0.444. The molecule has 0 aliphatic heterocycles. The molecule has 0 spiro atoms. The maximum atomic E-state index is 11.4. The molecule has 4 nitrogen and oxygen atoms in total. The van der Waals surface area contributed by atoms with Gasteiger partial charge in [-0.15, -0.1) is 0 Å². The van der Waals surface area contributed by atoms with Crippen molar-refractivity contribution in [2.75, 3.05) is 13.1 Å². The van der Waals surface area contributed by atoms with Gasteiger partial charge >= 0.3 is 6.09 Å². The van der Waals surface area contributed by atoms with Gasteiger partial charge in [0.05, 0.1) is 0 Å². The van der Waals surface area contributed by atoms with Gasteiger partial charge < -0.3 is 15.4 Å². The maximum Gasteiger partial charge on any atom is 0.407 e. The highest BCUT2D eigenvalue weighted by atomic mass is 16.6. The minimum Gasteiger partial charge on any atom is -0.444 e. The van der Waals surface area contributed by atoms with Crippen molar-refractivity contribution in [3.63, 3.8) is 0 Å². The summed E-state index contributed by atoms with van der Waals surface area (Å²) in [6.07, 6.45) is 6.18. The second-order valence-corrected chi connectivity index (χ2v) is 7.92. The molecule has 1 rings (SSSR count). The molecule has 1 aliphatic carbocycles. The van der Waals surface area contributed by atoms with E-state index in [-0.39, 0.29) is 6.09 Å². The molecule has 0 aromatic rings. The summed E-state index contributed by atoms with van der Waals surface area (Å²) < 4.78 is 5.16. The number of nitrogens with one attached hydrogen (secondary N) is 2. The SMILES string of the molecule is CC1CC(C)(C)CC1NC/C=C/CNC(=O)OC(C)(C)C. The van der Waals surface area contributed by atoms with E-state index in [4.69, 9.17) is 4.74 Å². The summed E-state index contributed by atoms with van der Waals surface area (Å²) in [6.45, 7) is 13.9. The van der Waals surface area contributed by atoms with Gasteiger partial charge in [-0.25, -0.2) is 4.79 Å². The largest absolute Gasteiger partial charge is 0.444 e. The van der Waals surface area contributed by atoms with Gasteiger partial charge in [0.1, 0.15) is 5.60 Å². The molecular weight excluding hydrogens is 264 g/mol. The number of rotatable bonds is 5. The Morgan fingerprint density at radius 2 is 1.86 bits per heavy atom. The van der Waals surface area contributed by atoms with Gasteiger partial charge in [0.25, 0.3) is 0 Å². The first-order chi connectivity index (χ1) is 9.59. The quantitative estimate of drug-likeness (QED) is 0.764. The Hall–Kier alpha value is -1.03. The van der Waals surface area contributed by atoms with Crippen molar-refractivity contribution in [2.24, 2.45) is 11.3 Å². The monoisotopic (exact) mass is 296 g/mol. The maximum absolute atomic E-state index is 11.4. The molecule has 0 saturated heterocycles. The molecule has 0 radical (unpaired) electrons. The van der Waals surface area contributed by atoms with E-state index in [1.165, 1.54) is 12.8 Å². The van der Waals surface area contributed by atoms with Crippen molar-refractivity contribution in [1.82, 2.24) is 10.6 Å². The molecule has 1 amide bonds. The lowest BCUT2D eigenvalue weighted by atomic mass is 9.91. The Morgan fingerprint density at radius 1 is 1.24 bits per heavy atom. The second kappa shape index (κ2) is 7.30. The smallest absolute Gasteiger partial charge is 0.407 e. The summed E-state index contributed by atoms with van der Waals surface area (Å²) in [4.78, 5) is 11.4. The van der Waals surface area contributed by atoms with Gasteiger partial charge in [-0.05, 0) is 44.9 Å². The van der Waals surface area contributed by atoms with Crippen LogP contribution in [0.5, 0.6) is 0 Å².